The topological polar surface area (TPSA) is 105 Å². The molecule has 2 unspecified atom stereocenters. The maximum atomic E-state index is 13.2. The molecule has 0 aliphatic carbocycles. The van der Waals surface area contributed by atoms with E-state index in [1.54, 1.807) is 0 Å². The molecular weight excluding hydrogens is 853 g/mol. The lowest BCUT2D eigenvalue weighted by molar-refractivity contribution is -0.695. The van der Waals surface area contributed by atoms with Gasteiger partial charge in [0.1, 0.15) is 25.5 Å². The number of benzene rings is 4. The predicted octanol–water partition coefficient (Wildman–Crippen LogP) is 7.31. The molecule has 2 fully saturated rings. The van der Waals surface area contributed by atoms with Crippen LogP contribution in [0.15, 0.2) is 122 Å². The van der Waals surface area contributed by atoms with Gasteiger partial charge in [0.05, 0.1) is 33.3 Å². The lowest BCUT2D eigenvalue weighted by atomic mass is 10.1. The number of aromatic amines is 2. The predicted molar refractivity (Wildman–Crippen MR) is 262 cm³/mol. The molecule has 6 aromatic rings. The molecule has 0 bridgehead atoms. The van der Waals surface area contributed by atoms with E-state index in [0.29, 0.717) is 32.7 Å². The quantitative estimate of drug-likeness (QED) is 0.0221. The molecule has 12 nitrogen and oxygen atoms in total. The summed E-state index contributed by atoms with van der Waals surface area (Å²) in [7, 11) is 1.51. The molecule has 0 radical (unpaired) electrons. The number of anilines is 2. The molecule has 2 aliphatic rings. The number of nitrogens with zero attached hydrogens (tertiary/aromatic N) is 6. The van der Waals surface area contributed by atoms with E-state index in [2.05, 4.69) is 142 Å². The average Bonchev–Trinajstić information content (AvgIpc) is 3.94. The molecule has 14 heteroatoms. The number of amides is 2. The fourth-order valence-corrected chi connectivity index (χ4v) is 9.29. The highest BCUT2D eigenvalue weighted by molar-refractivity contribution is 7.94. The molecule has 0 spiro atoms. The molecule has 4 heterocycles. The number of piperazine rings is 2. The summed E-state index contributed by atoms with van der Waals surface area (Å²) < 4.78 is 9.47. The van der Waals surface area contributed by atoms with E-state index in [1.165, 1.54) is 58.2 Å². The normalized spacial score (nSPS) is 17.1. The Hall–Kier alpha value is -5.22. The summed E-state index contributed by atoms with van der Waals surface area (Å²) in [4.78, 5) is 45.8. The molecule has 8 rings (SSSR count). The van der Waals surface area contributed by atoms with E-state index in [9.17, 15) is 9.59 Å². The van der Waals surface area contributed by atoms with Crippen LogP contribution in [0.25, 0.3) is 0 Å². The lowest BCUT2D eigenvalue weighted by Gasteiger charge is -2.40. The smallest absolute Gasteiger partial charge is 0.242 e. The number of H-pyrrole nitrogens is 2. The van der Waals surface area contributed by atoms with Crippen LogP contribution in [0, 0.1) is 27.7 Å². The van der Waals surface area contributed by atoms with Gasteiger partial charge >= 0.3 is 0 Å². The Balaban J connectivity index is 0.000000195. The first-order chi connectivity index (χ1) is 31.6. The van der Waals surface area contributed by atoms with Crippen LogP contribution in [0.3, 0.4) is 0 Å². The van der Waals surface area contributed by atoms with Gasteiger partial charge in [-0.25, -0.2) is 24.0 Å². The molecule has 342 valence electrons. The van der Waals surface area contributed by atoms with Gasteiger partial charge < -0.3 is 9.80 Å². The van der Waals surface area contributed by atoms with Crippen LogP contribution in [0.1, 0.15) is 57.6 Å². The third-order valence-electron chi connectivity index (χ3n) is 12.3. The number of aromatic nitrogens is 4. The number of hydrogen-bond acceptors (Lipinski definition) is 8. The maximum Gasteiger partial charge on any atom is 0.242 e. The van der Waals surface area contributed by atoms with E-state index < -0.39 is 0 Å². The number of nitrogens with one attached hydrogen (secondary N) is 2. The minimum absolute atomic E-state index is 0.126. The van der Waals surface area contributed by atoms with Crippen molar-refractivity contribution in [1.82, 2.24) is 19.8 Å². The zero-order chi connectivity index (χ0) is 45.7. The van der Waals surface area contributed by atoms with Crippen molar-refractivity contribution in [3.05, 3.63) is 167 Å². The first kappa shape index (κ1) is 47.7. The summed E-state index contributed by atoms with van der Waals surface area (Å²) in [6, 6.07) is 34.1. The van der Waals surface area contributed by atoms with Gasteiger partial charge in [-0.2, -0.15) is 17.0 Å². The minimum atomic E-state index is 0.126. The van der Waals surface area contributed by atoms with E-state index in [-0.39, 0.29) is 23.9 Å². The van der Waals surface area contributed by atoms with Crippen LogP contribution in [-0.4, -0.2) is 88.5 Å². The molecule has 4 aromatic carbocycles. The number of carbonyl (C=O) groups is 2. The Bertz CT molecular complexity index is 2420. The largest absolute Gasteiger partial charge is 0.310 e. The maximum absolute atomic E-state index is 13.2. The third-order valence-corrected chi connectivity index (χ3v) is 13.2. The van der Waals surface area contributed by atoms with Crippen LogP contribution in [0.2, 0.25) is 0 Å². The van der Waals surface area contributed by atoms with Gasteiger partial charge in [-0.1, -0.05) is 95.1 Å². The van der Waals surface area contributed by atoms with Gasteiger partial charge in [0.25, 0.3) is 0 Å². The highest BCUT2D eigenvalue weighted by Crippen LogP contribution is 2.26. The van der Waals surface area contributed by atoms with Gasteiger partial charge in [-0.15, -0.1) is 0 Å². The Kier molecular flexibility index (Phi) is 17.1. The minimum Gasteiger partial charge on any atom is -0.310 e. The van der Waals surface area contributed by atoms with Crippen LogP contribution >= 0.6 is 24.7 Å². The summed E-state index contributed by atoms with van der Waals surface area (Å²) >= 11 is 5.79. The number of carbonyl (C=O) groups excluding carboxylic acids is 2. The molecule has 65 heavy (non-hydrogen) atoms. The Labute approximate surface area is 394 Å². The van der Waals surface area contributed by atoms with E-state index >= 15 is 0 Å². The van der Waals surface area contributed by atoms with Crippen LogP contribution < -0.4 is 18.9 Å². The molecule has 2 saturated heterocycles. The van der Waals surface area contributed by atoms with Gasteiger partial charge in [0, 0.05) is 54.3 Å². The number of aryl methyl sites for hydroxylation is 4. The fourth-order valence-electron chi connectivity index (χ4n) is 8.46. The monoisotopic (exact) mass is 916 g/mol. The standard InChI is InChI=1S/C26H32N4O3S.C25H30N4OS/c1-20-4-8-22(9-5-20)15-29-19-27-14-25(29)16-28-18-26(31)30(23-10-6-21(2)7-11-23)17-24(28)12-13-34-33-32-3;1-19-3-7-21(8-4-19)14-28-18-26-13-24(28)15-27-17-25(30)29(16-23(27)11-12-31)22-9-5-20(2)6-10-22/h4-11,14,19,24H,12-13,15-18H2,1-3H3;3-10,13,18,23,31H,11-12,14-17H2,1-2H3/p+2. The van der Waals surface area contributed by atoms with Crippen molar-refractivity contribution in [2.24, 2.45) is 0 Å². The van der Waals surface area contributed by atoms with Crippen molar-refractivity contribution >= 4 is 47.9 Å². The number of hydrogen-bond donors (Lipinski definition) is 3. The highest BCUT2D eigenvalue weighted by atomic mass is 32.2. The third kappa shape index (κ3) is 13.2. The van der Waals surface area contributed by atoms with Crippen LogP contribution in [0.5, 0.6) is 0 Å². The van der Waals surface area contributed by atoms with Crippen LogP contribution in [0.4, 0.5) is 11.4 Å². The fraction of sp³-hybridized carbons (Fsp3) is 0.373. The average molecular weight is 917 g/mol. The molecule has 2 N–H and O–H groups in total. The first-order valence-electron chi connectivity index (χ1n) is 22.4. The molecular formula is C51H64N8O4S2+2. The summed E-state index contributed by atoms with van der Waals surface area (Å²) in [5.74, 6) is 1.86. The van der Waals surface area contributed by atoms with E-state index in [0.717, 1.165) is 61.1 Å². The number of thiol groups is 1. The molecule has 0 saturated carbocycles. The second-order valence-electron chi connectivity index (χ2n) is 17.2. The SMILES string of the molecule is COOSCCC1CN(c2ccc(C)cc2)C(=O)CN1Cc1c[nH]c[n+]1Cc1ccc(C)cc1.Cc1ccc(C[n+]2c[nH]cc2CN2CC(=O)N(c3ccc(C)cc3)CC2CCS)cc1. The number of rotatable bonds is 17. The van der Waals surface area contributed by atoms with Crippen LogP contribution in [-0.2, 0) is 45.0 Å². The van der Waals surface area contributed by atoms with Crippen molar-refractivity contribution in [3.8, 4) is 0 Å². The second kappa shape index (κ2) is 23.3. The lowest BCUT2D eigenvalue weighted by Crippen LogP contribution is -2.57. The molecule has 2 atom stereocenters. The Morgan fingerprint density at radius 3 is 1.42 bits per heavy atom. The second-order valence-corrected chi connectivity index (χ2v) is 18.5. The molecule has 2 amide bonds. The number of imidazole rings is 2. The first-order valence-corrected chi connectivity index (χ1v) is 24.0. The van der Waals surface area contributed by atoms with Gasteiger partial charge in [0.15, 0.2) is 11.4 Å². The van der Waals surface area contributed by atoms with Crippen molar-refractivity contribution in [2.45, 2.75) is 78.8 Å². The summed E-state index contributed by atoms with van der Waals surface area (Å²) in [6.07, 6.45) is 9.91. The molecule has 2 aliphatic heterocycles. The Morgan fingerprint density at radius 2 is 1.02 bits per heavy atom. The highest BCUT2D eigenvalue weighted by Gasteiger charge is 2.35. The zero-order valence-corrected chi connectivity index (χ0v) is 40.1. The van der Waals surface area contributed by atoms with Gasteiger partial charge in [-0.3, -0.25) is 19.4 Å². The van der Waals surface area contributed by atoms with E-state index in [4.69, 9.17) is 9.22 Å². The zero-order valence-electron chi connectivity index (χ0n) is 38.4. The van der Waals surface area contributed by atoms with E-state index in [1.807, 2.05) is 59.1 Å². The summed E-state index contributed by atoms with van der Waals surface area (Å²) in [5, 5.41) is 0. The van der Waals surface area contributed by atoms with Gasteiger partial charge in [0.2, 0.25) is 24.5 Å². The summed E-state index contributed by atoms with van der Waals surface area (Å²) in [6.45, 7) is 13.5. The van der Waals surface area contributed by atoms with Crippen molar-refractivity contribution in [2.75, 3.05) is 54.6 Å². The summed E-state index contributed by atoms with van der Waals surface area (Å²) in [5.41, 5.74) is 11.7. The molecule has 2 aromatic heterocycles. The van der Waals surface area contributed by atoms with Crippen molar-refractivity contribution < 1.29 is 27.9 Å². The Morgan fingerprint density at radius 1 is 0.615 bits per heavy atom. The van der Waals surface area contributed by atoms with Crippen molar-refractivity contribution in [1.29, 1.82) is 0 Å². The van der Waals surface area contributed by atoms with Gasteiger partial charge in [-0.05, 0) is 81.7 Å². The van der Waals surface area contributed by atoms with Crippen molar-refractivity contribution in [3.63, 3.8) is 0 Å².